The van der Waals surface area contributed by atoms with E-state index in [9.17, 15) is 0 Å². The minimum absolute atomic E-state index is 0.572. The van der Waals surface area contributed by atoms with Gasteiger partial charge in [0.05, 0.1) is 11.9 Å². The van der Waals surface area contributed by atoms with Crippen molar-refractivity contribution in [1.29, 1.82) is 0 Å². The Morgan fingerprint density at radius 3 is 2.37 bits per heavy atom. The Balaban J connectivity index is 1.59. The monoisotopic (exact) mass is 418 g/mol. The molecule has 3 rings (SSSR count). The van der Waals surface area contributed by atoms with Crippen LogP contribution in [-0.4, -0.2) is 36.0 Å². The van der Waals surface area contributed by atoms with Gasteiger partial charge in [0, 0.05) is 41.5 Å². The van der Waals surface area contributed by atoms with Gasteiger partial charge in [-0.05, 0) is 17.7 Å². The molecule has 0 aliphatic carbocycles. The molecule has 0 saturated heterocycles. The minimum Gasteiger partial charge on any atom is -0.369 e. The van der Waals surface area contributed by atoms with E-state index in [0.717, 1.165) is 40.7 Å². The fourth-order valence-electron chi connectivity index (χ4n) is 2.57. The molecule has 2 aromatic carbocycles. The average molecular weight is 419 g/mol. The summed E-state index contributed by atoms with van der Waals surface area (Å²) in [6, 6.07) is 18.2. The van der Waals surface area contributed by atoms with Gasteiger partial charge >= 0.3 is 0 Å². The zero-order chi connectivity index (χ0) is 18.9. The predicted molar refractivity (Wildman–Crippen MR) is 119 cm³/mol. The molecule has 3 aromatic rings. The Morgan fingerprint density at radius 2 is 1.70 bits per heavy atom. The van der Waals surface area contributed by atoms with E-state index in [2.05, 4.69) is 32.5 Å². The van der Waals surface area contributed by atoms with Crippen molar-refractivity contribution in [3.05, 3.63) is 65.5 Å². The van der Waals surface area contributed by atoms with E-state index in [4.69, 9.17) is 23.2 Å². The fourth-order valence-corrected chi connectivity index (χ4v) is 3.65. The summed E-state index contributed by atoms with van der Waals surface area (Å²) >= 11 is 13.3. The Kier molecular flexibility index (Phi) is 7.51. The lowest BCUT2D eigenvalue weighted by Gasteiger charge is -2.22. The van der Waals surface area contributed by atoms with Crippen LogP contribution in [-0.2, 0) is 0 Å². The molecule has 0 aliphatic heterocycles. The molecule has 0 spiro atoms. The highest BCUT2D eigenvalue weighted by Gasteiger charge is 2.05. The smallest absolute Gasteiger partial charge is 0.203 e. The largest absolute Gasteiger partial charge is 0.369 e. The van der Waals surface area contributed by atoms with Crippen LogP contribution < -0.4 is 10.3 Å². The summed E-state index contributed by atoms with van der Waals surface area (Å²) in [6.07, 6.45) is 1.78. The summed E-state index contributed by atoms with van der Waals surface area (Å²) in [7, 11) is 0. The number of benzene rings is 2. The van der Waals surface area contributed by atoms with Gasteiger partial charge in [0.2, 0.25) is 5.13 Å². The van der Waals surface area contributed by atoms with Gasteiger partial charge in [0.1, 0.15) is 0 Å². The summed E-state index contributed by atoms with van der Waals surface area (Å²) in [4.78, 5) is 6.72. The van der Waals surface area contributed by atoms with Crippen molar-refractivity contribution in [3.63, 3.8) is 0 Å². The molecule has 1 N–H and O–H groups in total. The molecule has 0 bridgehead atoms. The third-order valence-electron chi connectivity index (χ3n) is 3.91. The van der Waals surface area contributed by atoms with Crippen LogP contribution in [0.2, 0.25) is 0 Å². The number of thiazole rings is 1. The zero-order valence-electron chi connectivity index (χ0n) is 14.7. The first-order valence-electron chi connectivity index (χ1n) is 8.57. The van der Waals surface area contributed by atoms with Gasteiger partial charge in [-0.15, -0.1) is 34.5 Å². The topological polar surface area (TPSA) is 40.5 Å². The zero-order valence-corrected chi connectivity index (χ0v) is 17.0. The Bertz CT molecular complexity index is 844. The van der Waals surface area contributed by atoms with Gasteiger partial charge in [-0.2, -0.15) is 5.10 Å². The number of nitrogens with zero attached hydrogens (tertiary/aromatic N) is 3. The second-order valence-electron chi connectivity index (χ2n) is 5.73. The number of halogens is 2. The Labute approximate surface area is 173 Å². The normalized spacial score (nSPS) is 11.0. The predicted octanol–water partition coefficient (Wildman–Crippen LogP) is 5.54. The minimum atomic E-state index is 0.572. The maximum Gasteiger partial charge on any atom is 0.203 e. The molecular formula is C20H20Cl2N4S. The summed E-state index contributed by atoms with van der Waals surface area (Å²) < 4.78 is 0. The molecule has 0 radical (unpaired) electrons. The first kappa shape index (κ1) is 19.7. The molecule has 0 fully saturated rings. The van der Waals surface area contributed by atoms with Crippen LogP contribution >= 0.6 is 34.5 Å². The van der Waals surface area contributed by atoms with Crippen LogP contribution in [0.3, 0.4) is 0 Å². The van der Waals surface area contributed by atoms with Crippen molar-refractivity contribution in [3.8, 4) is 11.3 Å². The Hall–Kier alpha value is -2.08. The molecule has 0 atom stereocenters. The number of nitrogens with one attached hydrogen (secondary N) is 1. The van der Waals surface area contributed by atoms with Gasteiger partial charge in [0.15, 0.2) is 0 Å². The van der Waals surface area contributed by atoms with Gasteiger partial charge in [0.25, 0.3) is 0 Å². The molecular weight excluding hydrogens is 399 g/mol. The number of aromatic nitrogens is 1. The van der Waals surface area contributed by atoms with E-state index in [1.54, 1.807) is 6.21 Å². The lowest BCUT2D eigenvalue weighted by molar-refractivity contribution is 0.874. The first-order chi connectivity index (χ1) is 13.3. The number of rotatable bonds is 9. The molecule has 0 saturated carbocycles. The lowest BCUT2D eigenvalue weighted by Crippen LogP contribution is -2.27. The van der Waals surface area contributed by atoms with Crippen molar-refractivity contribution < 1.29 is 0 Å². The SMILES string of the molecule is ClCCN(CCCl)c1ccc(C=NNc2nc(-c3ccccc3)cs2)cc1. The van der Waals surface area contributed by atoms with Crippen molar-refractivity contribution >= 4 is 51.6 Å². The third kappa shape index (κ3) is 5.70. The van der Waals surface area contributed by atoms with Crippen LogP contribution in [0, 0.1) is 0 Å². The highest BCUT2D eigenvalue weighted by molar-refractivity contribution is 7.14. The standard InChI is InChI=1S/C20H20Cl2N4S/c21-10-12-26(13-11-22)18-8-6-16(7-9-18)14-23-25-20-24-19(15-27-20)17-4-2-1-3-5-17/h1-9,14-15H,10-13H2,(H,24,25). The first-order valence-corrected chi connectivity index (χ1v) is 10.5. The second kappa shape index (κ2) is 10.3. The van der Waals surface area contributed by atoms with Crippen LogP contribution in [0.1, 0.15) is 5.56 Å². The average Bonchev–Trinajstić information content (AvgIpc) is 3.18. The fraction of sp³-hybridized carbons (Fsp3) is 0.200. The molecule has 4 nitrogen and oxygen atoms in total. The van der Waals surface area contributed by atoms with E-state index in [1.807, 2.05) is 47.8 Å². The number of hydrazone groups is 1. The summed E-state index contributed by atoms with van der Waals surface area (Å²) in [5, 5.41) is 7.06. The molecule has 7 heteroatoms. The van der Waals surface area contributed by atoms with Crippen molar-refractivity contribution in [2.24, 2.45) is 5.10 Å². The third-order valence-corrected chi connectivity index (χ3v) is 5.00. The van der Waals surface area contributed by atoms with Gasteiger partial charge < -0.3 is 4.90 Å². The lowest BCUT2D eigenvalue weighted by atomic mass is 10.2. The van der Waals surface area contributed by atoms with Crippen molar-refractivity contribution in [2.75, 3.05) is 35.2 Å². The van der Waals surface area contributed by atoms with Crippen LogP contribution in [0.15, 0.2) is 65.1 Å². The van der Waals surface area contributed by atoms with E-state index in [-0.39, 0.29) is 0 Å². The number of anilines is 2. The van der Waals surface area contributed by atoms with Gasteiger partial charge in [-0.25, -0.2) is 4.98 Å². The molecule has 1 aromatic heterocycles. The number of hydrogen-bond donors (Lipinski definition) is 1. The maximum atomic E-state index is 5.86. The summed E-state index contributed by atoms with van der Waals surface area (Å²) in [5.74, 6) is 1.14. The number of alkyl halides is 2. The molecule has 140 valence electrons. The second-order valence-corrected chi connectivity index (χ2v) is 7.34. The van der Waals surface area contributed by atoms with E-state index in [1.165, 1.54) is 11.3 Å². The van der Waals surface area contributed by atoms with Crippen LogP contribution in [0.4, 0.5) is 10.8 Å². The number of hydrogen-bond acceptors (Lipinski definition) is 5. The molecule has 1 heterocycles. The molecule has 27 heavy (non-hydrogen) atoms. The van der Waals surface area contributed by atoms with Crippen LogP contribution in [0.5, 0.6) is 0 Å². The molecule has 0 aliphatic rings. The summed E-state index contributed by atoms with van der Waals surface area (Å²) in [5.41, 5.74) is 7.14. The Morgan fingerprint density at radius 1 is 1.00 bits per heavy atom. The highest BCUT2D eigenvalue weighted by atomic mass is 35.5. The van der Waals surface area contributed by atoms with E-state index < -0.39 is 0 Å². The van der Waals surface area contributed by atoms with E-state index in [0.29, 0.717) is 11.8 Å². The van der Waals surface area contributed by atoms with Crippen molar-refractivity contribution in [2.45, 2.75) is 0 Å². The molecule has 0 unspecified atom stereocenters. The maximum absolute atomic E-state index is 5.86. The van der Waals surface area contributed by atoms with Crippen LogP contribution in [0.25, 0.3) is 11.3 Å². The van der Waals surface area contributed by atoms with E-state index >= 15 is 0 Å². The van der Waals surface area contributed by atoms with Gasteiger partial charge in [-0.1, -0.05) is 42.5 Å². The molecule has 0 amide bonds. The van der Waals surface area contributed by atoms with Gasteiger partial charge in [-0.3, -0.25) is 5.43 Å². The quantitative estimate of drug-likeness (QED) is 0.281. The van der Waals surface area contributed by atoms with Crippen molar-refractivity contribution in [1.82, 2.24) is 4.98 Å². The summed E-state index contributed by atoms with van der Waals surface area (Å²) in [6.45, 7) is 1.55. The highest BCUT2D eigenvalue weighted by Crippen LogP contribution is 2.24.